The van der Waals surface area contributed by atoms with E-state index in [1.165, 1.54) is 24.5 Å². The third-order valence-electron chi connectivity index (χ3n) is 10.9. The van der Waals surface area contributed by atoms with Gasteiger partial charge in [0.15, 0.2) is 0 Å². The molecule has 0 aromatic heterocycles. The fraction of sp³-hybridized carbons (Fsp3) is 0.511. The number of hydrogen-bond acceptors (Lipinski definition) is 10. The van der Waals surface area contributed by atoms with Gasteiger partial charge in [-0.25, -0.2) is 0 Å². The van der Waals surface area contributed by atoms with Crippen molar-refractivity contribution in [3.8, 4) is 0 Å². The van der Waals surface area contributed by atoms with E-state index >= 15 is 0 Å². The van der Waals surface area contributed by atoms with Gasteiger partial charge in [0.25, 0.3) is 0 Å². The summed E-state index contributed by atoms with van der Waals surface area (Å²) in [6.45, 7) is 11.1. The van der Waals surface area contributed by atoms with Gasteiger partial charge in [-0.15, -0.1) is 0 Å². The molecule has 15 nitrogen and oxygen atoms in total. The van der Waals surface area contributed by atoms with Crippen LogP contribution < -0.4 is 17.2 Å². The van der Waals surface area contributed by atoms with Gasteiger partial charge in [-0.05, 0) is 84.2 Å². The molecule has 1 heterocycles. The zero-order valence-electron chi connectivity index (χ0n) is 37.7. The van der Waals surface area contributed by atoms with Crippen molar-refractivity contribution < 1.29 is 29.1 Å². The van der Waals surface area contributed by atoms with Gasteiger partial charge in [-0.1, -0.05) is 88.0 Å². The number of carbonyl (C=O) groups is 5. The standard InChI is InChI=1S/C47H69N9O6/c1-33-15-34(2)19-39(18-33)24-54-30-42(57)52(13-8-10-49)28-46(61)56(26-41-22-37(5)17-38(6)23-41)32-44(59)53(14-11-50)29-47(62)55(25-40-20-35(3)16-36(4)21-40)31-43(58)51(12-7-9-48)27-45(54)60/h15-23,45,60H,7-14,24-32,48-50H2,1-6H3. The highest BCUT2D eigenvalue weighted by molar-refractivity contribution is 5.91. The number of hydrogen-bond donors (Lipinski definition) is 4. The Balaban J connectivity index is 1.84. The molecular weight excluding hydrogens is 787 g/mol. The maximum Gasteiger partial charge on any atom is 0.242 e. The molecule has 7 N–H and O–H groups in total. The van der Waals surface area contributed by atoms with Crippen LogP contribution in [0.25, 0.3) is 0 Å². The fourth-order valence-electron chi connectivity index (χ4n) is 8.15. The molecule has 4 rings (SSSR count). The lowest BCUT2D eigenvalue weighted by atomic mass is 10.1. The Hall–Kier alpha value is -5.19. The van der Waals surface area contributed by atoms with Gasteiger partial charge >= 0.3 is 0 Å². The topological polar surface area (TPSA) is 203 Å². The summed E-state index contributed by atoms with van der Waals surface area (Å²) < 4.78 is 0. The van der Waals surface area contributed by atoms with Crippen LogP contribution in [0, 0.1) is 41.5 Å². The van der Waals surface area contributed by atoms with Crippen molar-refractivity contribution in [2.75, 3.05) is 78.5 Å². The Kier molecular flexibility index (Phi) is 19.0. The van der Waals surface area contributed by atoms with Crippen molar-refractivity contribution >= 4 is 29.5 Å². The highest BCUT2D eigenvalue weighted by Gasteiger charge is 2.32. The first-order chi connectivity index (χ1) is 29.5. The minimum Gasteiger partial charge on any atom is -0.376 e. The number of nitrogens with zero attached hydrogens (tertiary/aromatic N) is 6. The average Bonchev–Trinajstić information content (AvgIpc) is 3.18. The zero-order chi connectivity index (χ0) is 45.5. The quantitative estimate of drug-likeness (QED) is 0.186. The molecule has 3 aromatic rings. The van der Waals surface area contributed by atoms with Gasteiger partial charge < -0.3 is 46.8 Å². The number of aliphatic hydroxyl groups excluding tert-OH is 1. The van der Waals surface area contributed by atoms with E-state index in [0.717, 1.165) is 50.1 Å². The van der Waals surface area contributed by atoms with Gasteiger partial charge in [-0.3, -0.25) is 28.9 Å². The summed E-state index contributed by atoms with van der Waals surface area (Å²) in [6, 6.07) is 17.8. The van der Waals surface area contributed by atoms with Gasteiger partial charge in [0.2, 0.25) is 29.5 Å². The van der Waals surface area contributed by atoms with E-state index in [-0.39, 0.29) is 85.1 Å². The second kappa shape index (κ2) is 23.9. The lowest BCUT2D eigenvalue weighted by Crippen LogP contribution is -2.54. The van der Waals surface area contributed by atoms with Crippen LogP contribution in [0.5, 0.6) is 0 Å². The number of aliphatic hydroxyl groups is 1. The highest BCUT2D eigenvalue weighted by atomic mass is 16.3. The van der Waals surface area contributed by atoms with Gasteiger partial charge in [0.05, 0.1) is 26.2 Å². The Bertz CT molecular complexity index is 1960. The normalized spacial score (nSPS) is 17.3. The Morgan fingerprint density at radius 2 is 0.758 bits per heavy atom. The first-order valence-corrected chi connectivity index (χ1v) is 21.6. The van der Waals surface area contributed by atoms with Crippen LogP contribution in [0.1, 0.15) is 62.9 Å². The molecular formula is C47H69N9O6. The highest BCUT2D eigenvalue weighted by Crippen LogP contribution is 2.18. The second-order valence-electron chi connectivity index (χ2n) is 16.9. The van der Waals surface area contributed by atoms with Gasteiger partial charge in [0.1, 0.15) is 19.3 Å². The van der Waals surface area contributed by atoms with Gasteiger partial charge in [0, 0.05) is 45.8 Å². The molecule has 1 aliphatic heterocycles. The minimum atomic E-state index is -1.32. The van der Waals surface area contributed by atoms with Gasteiger partial charge in [-0.2, -0.15) is 0 Å². The monoisotopic (exact) mass is 856 g/mol. The first kappa shape index (κ1) is 49.5. The van der Waals surface area contributed by atoms with Crippen molar-refractivity contribution in [3.05, 3.63) is 105 Å². The molecule has 1 atom stereocenters. The molecule has 15 heteroatoms. The molecule has 62 heavy (non-hydrogen) atoms. The number of carbonyl (C=O) groups excluding carboxylic acids is 5. The molecule has 3 aromatic carbocycles. The fourth-order valence-corrected chi connectivity index (χ4v) is 8.15. The summed E-state index contributed by atoms with van der Waals surface area (Å²) in [6.07, 6.45) is -0.498. The van der Waals surface area contributed by atoms with E-state index < -0.39 is 48.9 Å². The third kappa shape index (κ3) is 15.3. The molecule has 1 fully saturated rings. The molecule has 0 bridgehead atoms. The molecule has 1 aliphatic rings. The third-order valence-corrected chi connectivity index (χ3v) is 10.9. The van der Waals surface area contributed by atoms with Crippen LogP contribution in [-0.2, 0) is 43.6 Å². The minimum absolute atomic E-state index is 0.0216. The van der Waals surface area contributed by atoms with Crippen LogP contribution in [0.4, 0.5) is 0 Å². The number of rotatable bonds is 14. The predicted molar refractivity (Wildman–Crippen MR) is 241 cm³/mol. The summed E-state index contributed by atoms with van der Waals surface area (Å²) in [4.78, 5) is 80.8. The predicted octanol–water partition coefficient (Wildman–Crippen LogP) is 1.87. The van der Waals surface area contributed by atoms with Crippen molar-refractivity contribution in [3.63, 3.8) is 0 Å². The Morgan fingerprint density at radius 1 is 0.435 bits per heavy atom. The maximum atomic E-state index is 14.5. The van der Waals surface area contributed by atoms with Crippen LogP contribution in [-0.4, -0.2) is 149 Å². The van der Waals surface area contributed by atoms with Crippen LogP contribution >= 0.6 is 0 Å². The van der Waals surface area contributed by atoms with E-state index in [4.69, 9.17) is 17.2 Å². The SMILES string of the molecule is Cc1cc(C)cc(CN2CC(=O)N(CCN)CC(=O)N(Cc3cc(C)cc(C)c3)CC(=O)N(CCCN)CC(O)N(Cc3cc(C)cc(C)c3)CC(=O)N(CCCN)CC2=O)c1. The molecule has 338 valence electrons. The number of amides is 5. The first-order valence-electron chi connectivity index (χ1n) is 21.6. The van der Waals surface area contributed by atoms with E-state index in [9.17, 15) is 29.1 Å². The molecule has 0 aliphatic carbocycles. The van der Waals surface area contributed by atoms with Crippen molar-refractivity contribution in [1.29, 1.82) is 0 Å². The Morgan fingerprint density at radius 3 is 1.16 bits per heavy atom. The summed E-state index contributed by atoms with van der Waals surface area (Å²) in [5, 5.41) is 12.1. The van der Waals surface area contributed by atoms with Crippen molar-refractivity contribution in [2.45, 2.75) is 80.2 Å². The summed E-state index contributed by atoms with van der Waals surface area (Å²) in [5.41, 5.74) is 26.3. The molecule has 1 saturated heterocycles. The van der Waals surface area contributed by atoms with E-state index in [1.807, 2.05) is 96.1 Å². The van der Waals surface area contributed by atoms with E-state index in [0.29, 0.717) is 12.8 Å². The van der Waals surface area contributed by atoms with Crippen LogP contribution in [0.2, 0.25) is 0 Å². The number of β-amino-alcohol motifs (C(OH)–C–C–N with tert-alkyl or cyclic N) is 1. The van der Waals surface area contributed by atoms with Crippen LogP contribution in [0.3, 0.4) is 0 Å². The van der Waals surface area contributed by atoms with E-state index in [2.05, 4.69) is 0 Å². The average molecular weight is 856 g/mol. The number of nitrogens with two attached hydrogens (primary N) is 3. The number of benzene rings is 3. The lowest BCUT2D eigenvalue weighted by Gasteiger charge is -2.36. The molecule has 5 amide bonds. The molecule has 0 saturated carbocycles. The van der Waals surface area contributed by atoms with Crippen LogP contribution in [0.15, 0.2) is 54.6 Å². The summed E-state index contributed by atoms with van der Waals surface area (Å²) in [5.74, 6) is -2.32. The summed E-state index contributed by atoms with van der Waals surface area (Å²) in [7, 11) is 0. The van der Waals surface area contributed by atoms with Crippen molar-refractivity contribution in [2.24, 2.45) is 17.2 Å². The molecule has 0 radical (unpaired) electrons. The molecule has 1 unspecified atom stereocenters. The second-order valence-corrected chi connectivity index (χ2v) is 16.9. The van der Waals surface area contributed by atoms with Crippen molar-refractivity contribution in [1.82, 2.24) is 29.4 Å². The Labute approximate surface area is 367 Å². The number of aryl methyl sites for hydroxylation is 6. The smallest absolute Gasteiger partial charge is 0.242 e. The maximum absolute atomic E-state index is 14.5. The lowest BCUT2D eigenvalue weighted by molar-refractivity contribution is -0.150. The molecule has 0 spiro atoms. The largest absolute Gasteiger partial charge is 0.376 e. The summed E-state index contributed by atoms with van der Waals surface area (Å²) >= 11 is 0. The zero-order valence-corrected chi connectivity index (χ0v) is 37.7. The van der Waals surface area contributed by atoms with E-state index in [1.54, 1.807) is 4.90 Å².